The Balaban J connectivity index is 1.32. The Morgan fingerprint density at radius 3 is 2.79 bits per heavy atom. The summed E-state index contributed by atoms with van der Waals surface area (Å²) in [4.78, 5) is 12.7. The molecule has 0 spiro atoms. The van der Waals surface area contributed by atoms with Crippen molar-refractivity contribution in [2.75, 3.05) is 25.9 Å². The Hall–Kier alpha value is -1.48. The van der Waals surface area contributed by atoms with E-state index in [0.717, 1.165) is 56.0 Å². The Kier molecular flexibility index (Phi) is 6.01. The third-order valence-corrected chi connectivity index (χ3v) is 8.19. The fourth-order valence-electron chi connectivity index (χ4n) is 3.93. The first-order valence-electron chi connectivity index (χ1n) is 9.75. The van der Waals surface area contributed by atoms with E-state index in [4.69, 9.17) is 0 Å². The average molecular weight is 419 g/mol. The molecule has 28 heavy (non-hydrogen) atoms. The van der Waals surface area contributed by atoms with Crippen molar-refractivity contribution < 1.29 is 8.42 Å². The van der Waals surface area contributed by atoms with Crippen molar-refractivity contribution >= 4 is 21.8 Å². The maximum absolute atomic E-state index is 11.6. The summed E-state index contributed by atoms with van der Waals surface area (Å²) in [6.07, 6.45) is 7.27. The second-order valence-electron chi connectivity index (χ2n) is 7.56. The number of aromatic nitrogens is 2. The molecule has 1 saturated heterocycles. The predicted octanol–water partition coefficient (Wildman–Crippen LogP) is 2.68. The molecule has 6 nitrogen and oxygen atoms in total. The highest BCUT2D eigenvalue weighted by Gasteiger charge is 2.22. The molecule has 0 radical (unpaired) electrons. The smallest absolute Gasteiger partial charge is 0.211 e. The van der Waals surface area contributed by atoms with E-state index in [0.29, 0.717) is 5.92 Å². The summed E-state index contributed by atoms with van der Waals surface area (Å²) >= 11 is 1.71. The lowest BCUT2D eigenvalue weighted by Gasteiger charge is -2.32. The van der Waals surface area contributed by atoms with Gasteiger partial charge in [0, 0.05) is 30.3 Å². The molecule has 4 rings (SSSR count). The van der Waals surface area contributed by atoms with Crippen molar-refractivity contribution in [2.45, 2.75) is 42.1 Å². The van der Waals surface area contributed by atoms with Crippen LogP contribution in [0.2, 0.25) is 0 Å². The monoisotopic (exact) mass is 418 g/mol. The first-order chi connectivity index (χ1) is 13.5. The number of fused-ring (bicyclic) bond motifs is 2. The van der Waals surface area contributed by atoms with E-state index in [1.165, 1.54) is 23.1 Å². The predicted molar refractivity (Wildman–Crippen MR) is 111 cm³/mol. The lowest BCUT2D eigenvalue weighted by molar-refractivity contribution is 0.175. The largest absolute Gasteiger partial charge is 0.299 e. The minimum absolute atomic E-state index is 0.237. The van der Waals surface area contributed by atoms with Gasteiger partial charge in [0.1, 0.15) is 5.03 Å². The molecule has 1 aromatic heterocycles. The van der Waals surface area contributed by atoms with Gasteiger partial charge in [-0.3, -0.25) is 9.88 Å². The van der Waals surface area contributed by atoms with Crippen molar-refractivity contribution in [3.8, 4) is 0 Å². The van der Waals surface area contributed by atoms with Crippen molar-refractivity contribution in [3.63, 3.8) is 0 Å². The van der Waals surface area contributed by atoms with Crippen LogP contribution < -0.4 is 4.72 Å². The minimum Gasteiger partial charge on any atom is -0.299 e. The molecule has 0 amide bonds. The van der Waals surface area contributed by atoms with Gasteiger partial charge in [-0.15, -0.1) is 0 Å². The molecule has 0 atom stereocenters. The summed E-state index contributed by atoms with van der Waals surface area (Å²) in [6, 6.07) is 6.74. The second-order valence-corrected chi connectivity index (χ2v) is 10.6. The fraction of sp³-hybridized carbons (Fsp3) is 0.500. The third-order valence-electron chi connectivity index (χ3n) is 5.64. The van der Waals surface area contributed by atoms with E-state index in [1.54, 1.807) is 24.2 Å². The molecular weight excluding hydrogens is 392 g/mol. The van der Waals surface area contributed by atoms with E-state index in [1.807, 2.05) is 0 Å². The van der Waals surface area contributed by atoms with Gasteiger partial charge in [-0.05, 0) is 62.5 Å². The summed E-state index contributed by atoms with van der Waals surface area (Å²) in [5.41, 5.74) is 3.74. The fourth-order valence-corrected chi connectivity index (χ4v) is 5.74. The van der Waals surface area contributed by atoms with E-state index < -0.39 is 10.0 Å². The van der Waals surface area contributed by atoms with Crippen LogP contribution in [-0.4, -0.2) is 49.2 Å². The zero-order valence-corrected chi connectivity index (χ0v) is 17.7. The van der Waals surface area contributed by atoms with Gasteiger partial charge >= 0.3 is 0 Å². The van der Waals surface area contributed by atoms with Crippen molar-refractivity contribution in [1.29, 1.82) is 0 Å². The molecule has 0 saturated carbocycles. The number of likely N-dealkylation sites (tertiary alicyclic amines) is 1. The SMILES string of the molecule is CNS(=O)(=O)CCC1CCN(Cc2ccc3c(c2)Cc2nccnc2S3)CC1. The first-order valence-corrected chi connectivity index (χ1v) is 12.2. The van der Waals surface area contributed by atoms with Crippen LogP contribution in [0.5, 0.6) is 0 Å². The minimum atomic E-state index is -3.09. The lowest BCUT2D eigenvalue weighted by atomic mass is 9.94. The summed E-state index contributed by atoms with van der Waals surface area (Å²) < 4.78 is 25.6. The van der Waals surface area contributed by atoms with Gasteiger partial charge in [-0.2, -0.15) is 0 Å². The van der Waals surface area contributed by atoms with Crippen LogP contribution in [0.4, 0.5) is 0 Å². The number of rotatable bonds is 6. The Morgan fingerprint density at radius 1 is 1.21 bits per heavy atom. The Labute approximate surface area is 171 Å². The van der Waals surface area contributed by atoms with E-state index in [9.17, 15) is 8.42 Å². The Bertz CT molecular complexity index is 941. The number of benzene rings is 1. The van der Waals surface area contributed by atoms with Crippen molar-refractivity contribution in [3.05, 3.63) is 47.4 Å². The summed E-state index contributed by atoms with van der Waals surface area (Å²) in [6.45, 7) is 3.02. The molecular formula is C20H26N4O2S2. The van der Waals surface area contributed by atoms with Crippen molar-refractivity contribution in [2.24, 2.45) is 5.92 Å². The number of nitrogens with zero attached hydrogens (tertiary/aromatic N) is 3. The molecule has 0 aliphatic carbocycles. The molecule has 2 aromatic rings. The van der Waals surface area contributed by atoms with Crippen LogP contribution >= 0.6 is 11.8 Å². The Morgan fingerprint density at radius 2 is 2.00 bits per heavy atom. The maximum Gasteiger partial charge on any atom is 0.211 e. The van der Waals surface area contributed by atoms with E-state index in [2.05, 4.69) is 37.8 Å². The van der Waals surface area contributed by atoms with Crippen LogP contribution in [0.3, 0.4) is 0 Å². The normalized spacial score (nSPS) is 17.9. The number of piperidine rings is 1. The van der Waals surface area contributed by atoms with Crippen LogP contribution in [-0.2, 0) is 23.0 Å². The summed E-state index contributed by atoms with van der Waals surface area (Å²) in [5, 5.41) is 1.02. The van der Waals surface area contributed by atoms with Gasteiger partial charge in [0.25, 0.3) is 0 Å². The molecule has 2 aliphatic heterocycles. The quantitative estimate of drug-likeness (QED) is 0.663. The highest BCUT2D eigenvalue weighted by molar-refractivity contribution is 7.99. The standard InChI is InChI=1S/C20H26N4O2S2/c1-21-28(25,26)11-6-15-4-9-24(10-5-15)14-16-2-3-19-17(12-16)13-18-20(27-19)23-8-7-22-18/h2-3,7-8,12,15,21H,4-6,9-11,13-14H2,1H3. The molecule has 1 N–H and O–H groups in total. The van der Waals surface area contributed by atoms with E-state index in [-0.39, 0.29) is 5.75 Å². The third kappa shape index (κ3) is 4.74. The van der Waals surface area contributed by atoms with Crippen molar-refractivity contribution in [1.82, 2.24) is 19.6 Å². The topological polar surface area (TPSA) is 75.2 Å². The molecule has 150 valence electrons. The van der Waals surface area contributed by atoms with Gasteiger partial charge in [0.15, 0.2) is 0 Å². The summed E-state index contributed by atoms with van der Waals surface area (Å²) in [7, 11) is -1.60. The van der Waals surface area contributed by atoms with Gasteiger partial charge < -0.3 is 0 Å². The number of hydrogen-bond donors (Lipinski definition) is 1. The van der Waals surface area contributed by atoms with Gasteiger partial charge in [0.2, 0.25) is 10.0 Å². The molecule has 3 heterocycles. The highest BCUT2D eigenvalue weighted by atomic mass is 32.2. The van der Waals surface area contributed by atoms with Crippen LogP contribution in [0.15, 0.2) is 40.5 Å². The average Bonchev–Trinajstić information content (AvgIpc) is 2.72. The van der Waals surface area contributed by atoms with Gasteiger partial charge in [-0.1, -0.05) is 23.9 Å². The summed E-state index contributed by atoms with van der Waals surface area (Å²) in [5.74, 6) is 0.746. The molecule has 8 heteroatoms. The molecule has 1 fully saturated rings. The highest BCUT2D eigenvalue weighted by Crippen LogP contribution is 2.37. The molecule has 0 unspecified atom stereocenters. The molecule has 2 aliphatic rings. The molecule has 1 aromatic carbocycles. The number of nitrogens with one attached hydrogen (secondary N) is 1. The van der Waals surface area contributed by atoms with Crippen LogP contribution in [0.1, 0.15) is 36.1 Å². The maximum atomic E-state index is 11.6. The van der Waals surface area contributed by atoms with Gasteiger partial charge in [-0.25, -0.2) is 18.1 Å². The number of hydrogen-bond acceptors (Lipinski definition) is 6. The van der Waals surface area contributed by atoms with Gasteiger partial charge in [0.05, 0.1) is 11.4 Å². The van der Waals surface area contributed by atoms with E-state index >= 15 is 0 Å². The second kappa shape index (κ2) is 8.49. The number of sulfonamides is 1. The zero-order chi connectivity index (χ0) is 19.6. The first kappa shape index (κ1) is 19.8. The lowest BCUT2D eigenvalue weighted by Crippen LogP contribution is -2.34. The van der Waals surface area contributed by atoms with Crippen LogP contribution in [0.25, 0.3) is 0 Å². The molecule has 0 bridgehead atoms. The zero-order valence-electron chi connectivity index (χ0n) is 16.1. The van der Waals surface area contributed by atoms with Crippen LogP contribution in [0, 0.1) is 5.92 Å².